The third-order valence-electron chi connectivity index (χ3n) is 6.64. The average Bonchev–Trinajstić information content (AvgIpc) is 2.81. The summed E-state index contributed by atoms with van der Waals surface area (Å²) in [6, 6.07) is 14.6. The van der Waals surface area contributed by atoms with Gasteiger partial charge in [0.2, 0.25) is 0 Å². The van der Waals surface area contributed by atoms with Gasteiger partial charge in [0.25, 0.3) is 5.56 Å². The number of carbonyl (C=O) groups is 1. The molecule has 7 heteroatoms. The minimum Gasteiger partial charge on any atom is -0.439 e. The maximum Gasteiger partial charge on any atom is 0.340 e. The van der Waals surface area contributed by atoms with E-state index in [4.69, 9.17) is 9.72 Å². The van der Waals surface area contributed by atoms with Crippen LogP contribution in [0.5, 0.6) is 0 Å². The van der Waals surface area contributed by atoms with Gasteiger partial charge in [-0.3, -0.25) is 9.78 Å². The number of benzene rings is 2. The number of rotatable bonds is 3. The number of aryl methyl sites for hydroxylation is 1. The maximum absolute atomic E-state index is 13.4. The molecule has 33 heavy (non-hydrogen) atoms. The van der Waals surface area contributed by atoms with Crippen molar-refractivity contribution in [1.82, 2.24) is 20.0 Å². The van der Waals surface area contributed by atoms with E-state index < -0.39 is 5.97 Å². The van der Waals surface area contributed by atoms with Crippen LogP contribution in [-0.2, 0) is 24.3 Å². The summed E-state index contributed by atoms with van der Waals surface area (Å²) >= 11 is 0. The molecule has 1 atom stereocenters. The zero-order chi connectivity index (χ0) is 23.2. The van der Waals surface area contributed by atoms with Gasteiger partial charge in [0.05, 0.1) is 16.5 Å². The highest BCUT2D eigenvalue weighted by Crippen LogP contribution is 2.39. The van der Waals surface area contributed by atoms with Crippen LogP contribution in [0.25, 0.3) is 21.8 Å². The summed E-state index contributed by atoms with van der Waals surface area (Å²) in [5.74, 6) is -0.0326. The fourth-order valence-corrected chi connectivity index (χ4v) is 4.66. The number of pyridine rings is 1. The molecule has 1 aliphatic rings. The summed E-state index contributed by atoms with van der Waals surface area (Å²) in [5, 5.41) is 9.20. The Kier molecular flexibility index (Phi) is 5.19. The van der Waals surface area contributed by atoms with Gasteiger partial charge in [-0.15, -0.1) is 5.10 Å². The molecule has 0 N–H and O–H groups in total. The Morgan fingerprint density at radius 1 is 1.06 bits per heavy atom. The van der Waals surface area contributed by atoms with Gasteiger partial charge in [0.1, 0.15) is 5.52 Å². The fourth-order valence-electron chi connectivity index (χ4n) is 4.66. The fraction of sp³-hybridized carbons (Fsp3) is 0.346. The van der Waals surface area contributed by atoms with Gasteiger partial charge in [0, 0.05) is 11.1 Å². The van der Waals surface area contributed by atoms with Gasteiger partial charge < -0.3 is 4.74 Å². The van der Waals surface area contributed by atoms with Crippen molar-refractivity contribution < 1.29 is 9.53 Å². The summed E-state index contributed by atoms with van der Waals surface area (Å²) < 4.78 is 6.71. The first kappa shape index (κ1) is 21.2. The van der Waals surface area contributed by atoms with Crippen molar-refractivity contribution in [1.29, 1.82) is 0 Å². The molecule has 1 aliphatic carbocycles. The lowest BCUT2D eigenvalue weighted by atomic mass is 9.70. The molecule has 2 aromatic carbocycles. The van der Waals surface area contributed by atoms with Gasteiger partial charge in [-0.1, -0.05) is 56.3 Å². The van der Waals surface area contributed by atoms with E-state index in [-0.39, 0.29) is 17.7 Å². The zero-order valence-electron chi connectivity index (χ0n) is 19.0. The van der Waals surface area contributed by atoms with Crippen molar-refractivity contribution in [2.75, 3.05) is 0 Å². The molecule has 0 bridgehead atoms. The Balaban J connectivity index is 1.52. The highest BCUT2D eigenvalue weighted by Gasteiger charge is 2.33. The molecule has 1 unspecified atom stereocenters. The Bertz CT molecular complexity index is 1440. The molecule has 0 saturated carbocycles. The predicted molar refractivity (Wildman–Crippen MR) is 126 cm³/mol. The van der Waals surface area contributed by atoms with Crippen molar-refractivity contribution >= 4 is 27.8 Å². The van der Waals surface area contributed by atoms with Gasteiger partial charge >= 0.3 is 5.97 Å². The Labute approximate surface area is 191 Å². The van der Waals surface area contributed by atoms with Crippen LogP contribution in [-0.4, -0.2) is 25.9 Å². The van der Waals surface area contributed by atoms with Crippen LogP contribution in [0.3, 0.4) is 0 Å². The van der Waals surface area contributed by atoms with E-state index in [1.165, 1.54) is 0 Å². The molecule has 0 spiro atoms. The van der Waals surface area contributed by atoms with Gasteiger partial charge in [-0.25, -0.2) is 4.79 Å². The SMILES string of the molecule is CC(C)(C)C1CCc2nc3ccccc3c(C(=O)OCn3nnc4ccccc4c3=O)c2C1. The largest absolute Gasteiger partial charge is 0.439 e. The Morgan fingerprint density at radius 2 is 1.76 bits per heavy atom. The van der Waals surface area contributed by atoms with E-state index in [9.17, 15) is 9.59 Å². The van der Waals surface area contributed by atoms with Crippen molar-refractivity contribution in [2.45, 2.75) is 46.8 Å². The summed E-state index contributed by atoms with van der Waals surface area (Å²) in [4.78, 5) is 31.0. The molecule has 4 aromatic rings. The second-order valence-electron chi connectivity index (χ2n) is 9.71. The molecule has 2 aromatic heterocycles. The van der Waals surface area contributed by atoms with Crippen molar-refractivity contribution in [3.63, 3.8) is 0 Å². The van der Waals surface area contributed by atoms with Gasteiger partial charge in [-0.2, -0.15) is 4.68 Å². The number of carbonyl (C=O) groups excluding carboxylic acids is 1. The first-order valence-corrected chi connectivity index (χ1v) is 11.2. The lowest BCUT2D eigenvalue weighted by Gasteiger charge is -2.35. The third kappa shape index (κ3) is 3.88. The first-order chi connectivity index (χ1) is 15.8. The average molecular weight is 443 g/mol. The lowest BCUT2D eigenvalue weighted by molar-refractivity contribution is 0.0335. The summed E-state index contributed by atoms with van der Waals surface area (Å²) in [7, 11) is 0. The van der Waals surface area contributed by atoms with E-state index in [0.717, 1.165) is 46.1 Å². The van der Waals surface area contributed by atoms with Crippen molar-refractivity contribution in [2.24, 2.45) is 11.3 Å². The van der Waals surface area contributed by atoms with Crippen molar-refractivity contribution in [3.8, 4) is 0 Å². The molecule has 168 valence electrons. The number of aromatic nitrogens is 4. The van der Waals surface area contributed by atoms with Crippen molar-refractivity contribution in [3.05, 3.63) is 75.7 Å². The monoisotopic (exact) mass is 442 g/mol. The highest BCUT2D eigenvalue weighted by molar-refractivity contribution is 6.05. The second-order valence-corrected chi connectivity index (χ2v) is 9.71. The summed E-state index contributed by atoms with van der Waals surface area (Å²) in [6.07, 6.45) is 2.65. The molecular formula is C26H26N4O3. The Hall–Kier alpha value is -3.61. The standard InChI is InChI=1S/C26H26N4O3/c1-26(2,3)16-12-13-21-19(14-16)23(17-8-4-6-10-20(17)27-21)25(32)33-15-30-24(31)18-9-5-7-11-22(18)28-29-30/h4-11,16H,12-15H2,1-3H3. The predicted octanol–water partition coefficient (Wildman–Crippen LogP) is 4.31. The van der Waals surface area contributed by atoms with E-state index >= 15 is 0 Å². The summed E-state index contributed by atoms with van der Waals surface area (Å²) in [6.45, 7) is 6.41. The van der Waals surface area contributed by atoms with Gasteiger partial charge in [0.15, 0.2) is 6.73 Å². The number of hydrogen-bond acceptors (Lipinski definition) is 6. The summed E-state index contributed by atoms with van der Waals surface area (Å²) in [5.41, 5.74) is 3.53. The van der Waals surface area contributed by atoms with Crippen LogP contribution in [0.4, 0.5) is 0 Å². The van der Waals surface area contributed by atoms with Crippen LogP contribution in [0.15, 0.2) is 53.3 Å². The topological polar surface area (TPSA) is 87.0 Å². The normalized spacial score (nSPS) is 16.0. The first-order valence-electron chi connectivity index (χ1n) is 11.2. The number of esters is 1. The minimum atomic E-state index is -0.471. The van der Waals surface area contributed by atoms with Crippen LogP contribution in [0.2, 0.25) is 0 Å². The molecule has 7 nitrogen and oxygen atoms in total. The van der Waals surface area contributed by atoms with E-state index in [1.54, 1.807) is 24.3 Å². The van der Waals surface area contributed by atoms with Crippen LogP contribution in [0, 0.1) is 11.3 Å². The zero-order valence-corrected chi connectivity index (χ0v) is 19.0. The molecule has 0 saturated heterocycles. The van der Waals surface area contributed by atoms with Gasteiger partial charge in [-0.05, 0) is 54.4 Å². The lowest BCUT2D eigenvalue weighted by Crippen LogP contribution is -2.30. The molecule has 5 rings (SSSR count). The minimum absolute atomic E-state index is 0.124. The second kappa shape index (κ2) is 8.06. The smallest absolute Gasteiger partial charge is 0.340 e. The van der Waals surface area contributed by atoms with Crippen LogP contribution < -0.4 is 5.56 Å². The molecular weight excluding hydrogens is 416 g/mol. The maximum atomic E-state index is 13.4. The molecule has 0 radical (unpaired) electrons. The van der Waals surface area contributed by atoms with Crippen LogP contribution >= 0.6 is 0 Å². The Morgan fingerprint density at radius 3 is 2.52 bits per heavy atom. The molecule has 0 aliphatic heterocycles. The number of hydrogen-bond donors (Lipinski definition) is 0. The van der Waals surface area contributed by atoms with Crippen LogP contribution in [0.1, 0.15) is 48.8 Å². The van der Waals surface area contributed by atoms with E-state index in [2.05, 4.69) is 31.1 Å². The van der Waals surface area contributed by atoms with E-state index in [0.29, 0.717) is 22.4 Å². The number of para-hydroxylation sites is 1. The number of nitrogens with zero attached hydrogens (tertiary/aromatic N) is 4. The quantitative estimate of drug-likeness (QED) is 0.440. The number of ether oxygens (including phenoxy) is 1. The molecule has 0 fully saturated rings. The highest BCUT2D eigenvalue weighted by atomic mass is 16.5. The number of fused-ring (bicyclic) bond motifs is 3. The van der Waals surface area contributed by atoms with E-state index in [1.807, 2.05) is 24.3 Å². The molecule has 2 heterocycles. The third-order valence-corrected chi connectivity index (χ3v) is 6.64. The molecule has 0 amide bonds.